The van der Waals surface area contributed by atoms with Crippen LogP contribution in [0.4, 0.5) is 22.7 Å². The fourth-order valence-electron chi connectivity index (χ4n) is 8.20. The van der Waals surface area contributed by atoms with Crippen LogP contribution in [0.2, 0.25) is 10.0 Å². The summed E-state index contributed by atoms with van der Waals surface area (Å²) in [4.78, 5) is 49.4. The van der Waals surface area contributed by atoms with E-state index < -0.39 is 40.8 Å². The molecule has 0 heterocycles. The number of nitrogens with zero attached hydrogens (tertiary/aromatic N) is 1. The van der Waals surface area contributed by atoms with Gasteiger partial charge >= 0.3 is 0 Å². The molecule has 15 nitrogen and oxygen atoms in total. The molecule has 0 bridgehead atoms. The lowest BCUT2D eigenvalue weighted by molar-refractivity contribution is -0.384. The van der Waals surface area contributed by atoms with E-state index in [1.807, 2.05) is 27.7 Å². The van der Waals surface area contributed by atoms with Crippen molar-refractivity contribution in [2.45, 2.75) is 61.1 Å². The van der Waals surface area contributed by atoms with Gasteiger partial charge in [0.25, 0.3) is 35.8 Å². The zero-order valence-electron chi connectivity index (χ0n) is 45.7. The van der Waals surface area contributed by atoms with Crippen molar-refractivity contribution in [1.82, 2.24) is 0 Å². The average Bonchev–Trinajstić information content (AvgIpc) is 3.70. The number of nitrogens with one attached hydrogen (secondary N) is 3. The predicted octanol–water partition coefficient (Wildman–Crippen LogP) is 14.6. The SMILES string of the molecule is CC(C)c1ccc(S(=O)(=O)Nc2ccc(Cl)cc2C(=O)c2ccccc2)cc1.CCc1ccc(S(=O)(=O)Nc2ccc(Cl)cc2C(=O)c2ccccc2)cc1.CCc1ccc(S(=O)(=O)Nc2ccc([N+](=O)[O-])cc2C(=O)c2ccccc2)cc1. The summed E-state index contributed by atoms with van der Waals surface area (Å²) < 4.78 is 84.1. The Morgan fingerprint density at radius 2 is 0.726 bits per heavy atom. The van der Waals surface area contributed by atoms with Crippen LogP contribution >= 0.6 is 23.2 Å². The van der Waals surface area contributed by atoms with Crippen molar-refractivity contribution >= 4 is 93.4 Å². The molecule has 20 heteroatoms. The monoisotopic (exact) mass is 1220 g/mol. The van der Waals surface area contributed by atoms with E-state index in [9.17, 15) is 49.8 Å². The maximum atomic E-state index is 12.9. The van der Waals surface area contributed by atoms with Gasteiger partial charge in [-0.1, -0.05) is 178 Å². The van der Waals surface area contributed by atoms with Crippen molar-refractivity contribution in [1.29, 1.82) is 0 Å². The van der Waals surface area contributed by atoms with Gasteiger partial charge in [-0.05, 0) is 114 Å². The Morgan fingerprint density at radius 3 is 1.02 bits per heavy atom. The fraction of sp³-hybridized carbons (Fsp3) is 0.109. The first-order valence-electron chi connectivity index (χ1n) is 26.0. The number of non-ortho nitro benzene ring substituents is 1. The van der Waals surface area contributed by atoms with Gasteiger partial charge in [0.2, 0.25) is 0 Å². The van der Waals surface area contributed by atoms with Crippen molar-refractivity contribution in [3.63, 3.8) is 0 Å². The third kappa shape index (κ3) is 16.3. The van der Waals surface area contributed by atoms with Crippen LogP contribution in [0.15, 0.2) is 233 Å². The molecule has 0 radical (unpaired) electrons. The normalized spacial score (nSPS) is 11.2. The van der Waals surface area contributed by atoms with E-state index in [-0.39, 0.29) is 65.7 Å². The molecular formula is C64H56Cl2N4O11S3. The lowest BCUT2D eigenvalue weighted by atomic mass is 10.0. The second kappa shape index (κ2) is 28.0. The quantitative estimate of drug-likeness (QED) is 0.0391. The maximum absolute atomic E-state index is 12.9. The number of hydrogen-bond acceptors (Lipinski definition) is 11. The second-order valence-electron chi connectivity index (χ2n) is 19.0. The molecule has 9 aromatic carbocycles. The van der Waals surface area contributed by atoms with Gasteiger partial charge < -0.3 is 0 Å². The van der Waals surface area contributed by atoms with Gasteiger partial charge in [0.1, 0.15) is 0 Å². The highest BCUT2D eigenvalue weighted by molar-refractivity contribution is 7.93. The van der Waals surface area contributed by atoms with Gasteiger partial charge in [-0.3, -0.25) is 38.7 Å². The van der Waals surface area contributed by atoms with Crippen LogP contribution in [0.25, 0.3) is 0 Å². The molecule has 0 aliphatic rings. The molecule has 0 saturated heterocycles. The Hall–Kier alpha value is -8.78. The van der Waals surface area contributed by atoms with Crippen LogP contribution in [0, 0.1) is 10.1 Å². The third-order valence-corrected chi connectivity index (χ3v) is 17.5. The summed E-state index contributed by atoms with van der Waals surface area (Å²) in [7, 11) is -11.7. The van der Waals surface area contributed by atoms with Crippen LogP contribution in [0.3, 0.4) is 0 Å². The van der Waals surface area contributed by atoms with Crippen LogP contribution in [0.5, 0.6) is 0 Å². The number of carbonyl (C=O) groups is 3. The minimum Gasteiger partial charge on any atom is -0.289 e. The highest BCUT2D eigenvalue weighted by atomic mass is 35.5. The van der Waals surface area contributed by atoms with Gasteiger partial charge in [0.05, 0.1) is 42.2 Å². The average molecular weight is 1220 g/mol. The van der Waals surface area contributed by atoms with E-state index in [2.05, 4.69) is 14.2 Å². The number of nitro benzene ring substituents is 1. The molecule has 84 heavy (non-hydrogen) atoms. The predicted molar refractivity (Wildman–Crippen MR) is 330 cm³/mol. The number of nitro groups is 1. The highest BCUT2D eigenvalue weighted by Crippen LogP contribution is 2.31. The zero-order valence-corrected chi connectivity index (χ0v) is 49.7. The first kappa shape index (κ1) is 62.8. The fourth-order valence-corrected chi connectivity index (χ4v) is 11.8. The van der Waals surface area contributed by atoms with Crippen molar-refractivity contribution in [3.05, 3.63) is 289 Å². The molecule has 3 N–H and O–H groups in total. The third-order valence-electron chi connectivity index (χ3n) is 12.9. The summed E-state index contributed by atoms with van der Waals surface area (Å²) in [5.74, 6) is -0.836. The summed E-state index contributed by atoms with van der Waals surface area (Å²) in [5.41, 5.74) is 4.61. The smallest absolute Gasteiger partial charge is 0.270 e. The number of halogens is 2. The molecule has 0 aliphatic heterocycles. The minimum atomic E-state index is -3.98. The molecule has 0 aromatic heterocycles. The molecule has 0 saturated carbocycles. The van der Waals surface area contributed by atoms with Crippen LogP contribution < -0.4 is 14.2 Å². The molecule has 0 spiro atoms. The van der Waals surface area contributed by atoms with Gasteiger partial charge in [0.15, 0.2) is 17.3 Å². The molecule has 9 rings (SSSR count). The summed E-state index contributed by atoms with van der Waals surface area (Å²) in [6.07, 6.45) is 1.59. The van der Waals surface area contributed by atoms with Crippen molar-refractivity contribution < 1.29 is 44.6 Å². The Labute approximate surface area is 498 Å². The van der Waals surface area contributed by atoms with E-state index in [1.165, 1.54) is 42.5 Å². The topological polar surface area (TPSA) is 233 Å². The van der Waals surface area contributed by atoms with Gasteiger partial charge in [-0.2, -0.15) is 0 Å². The number of anilines is 3. The highest BCUT2D eigenvalue weighted by Gasteiger charge is 2.25. The summed E-state index contributed by atoms with van der Waals surface area (Å²) in [6.45, 7) is 8.03. The largest absolute Gasteiger partial charge is 0.289 e. The molecule has 430 valence electrons. The molecule has 0 atom stereocenters. The second-order valence-corrected chi connectivity index (χ2v) is 24.9. The summed E-state index contributed by atoms with van der Waals surface area (Å²) in [6, 6.07) is 57.6. The Morgan fingerprint density at radius 1 is 0.429 bits per heavy atom. The van der Waals surface area contributed by atoms with Crippen molar-refractivity contribution in [3.8, 4) is 0 Å². The number of sulfonamides is 3. The van der Waals surface area contributed by atoms with Gasteiger partial charge in [-0.15, -0.1) is 0 Å². The molecule has 0 unspecified atom stereocenters. The minimum absolute atomic E-state index is 0.0241. The Balaban J connectivity index is 0.000000181. The number of benzene rings is 9. The molecule has 0 fully saturated rings. The first-order valence-corrected chi connectivity index (χ1v) is 31.2. The zero-order chi connectivity index (χ0) is 60.8. The number of carbonyl (C=O) groups excluding carboxylic acids is 3. The molecule has 9 aromatic rings. The van der Waals surface area contributed by atoms with Crippen molar-refractivity contribution in [2.75, 3.05) is 14.2 Å². The number of hydrogen-bond donors (Lipinski definition) is 3. The standard InChI is InChI=1S/C22H20ClNO3S.C21H18ClNO3S.C21H18N2O5S/c1-15(2)16-8-11-19(12-9-16)28(26,27)24-21-13-10-18(23)14-20(21)22(25)17-6-4-3-5-7-17;1-2-15-8-11-18(12-9-15)27(25,26)23-20-13-10-17(22)14-19(20)21(24)16-6-4-3-5-7-16;1-2-15-8-11-18(12-9-15)29(27,28)22-20-13-10-17(23(25)26)14-19(20)21(24)16-6-4-3-5-7-16/h3-15,24H,1-2H3;3-14,23H,2H2,1H3;3-14,22H,2H2,1H3. The van der Waals surface area contributed by atoms with Crippen molar-refractivity contribution in [2.24, 2.45) is 0 Å². The Kier molecular flexibility index (Phi) is 20.9. The lowest BCUT2D eigenvalue weighted by Gasteiger charge is -2.13. The van der Waals surface area contributed by atoms with Crippen LogP contribution in [0.1, 0.15) is 98.1 Å². The number of ketones is 3. The molecule has 0 aliphatic carbocycles. The summed E-state index contributed by atoms with van der Waals surface area (Å²) in [5, 5.41) is 11.8. The van der Waals surface area contributed by atoms with E-state index in [0.717, 1.165) is 41.7 Å². The van der Waals surface area contributed by atoms with Gasteiger partial charge in [-0.25, -0.2) is 25.3 Å². The maximum Gasteiger partial charge on any atom is 0.270 e. The van der Waals surface area contributed by atoms with Crippen LogP contribution in [-0.4, -0.2) is 47.5 Å². The number of rotatable bonds is 19. The lowest BCUT2D eigenvalue weighted by Crippen LogP contribution is -2.16. The van der Waals surface area contributed by atoms with E-state index in [0.29, 0.717) is 32.7 Å². The first-order chi connectivity index (χ1) is 40.0. The Bertz CT molecular complexity index is 4180. The van der Waals surface area contributed by atoms with Crippen LogP contribution in [-0.2, 0) is 42.9 Å². The van der Waals surface area contributed by atoms with E-state index >= 15 is 0 Å². The van der Waals surface area contributed by atoms with E-state index in [4.69, 9.17) is 23.2 Å². The molecular weight excluding hydrogens is 1170 g/mol. The number of aryl methyl sites for hydroxylation is 2. The summed E-state index contributed by atoms with van der Waals surface area (Å²) >= 11 is 12.1. The van der Waals surface area contributed by atoms with E-state index in [1.54, 1.807) is 164 Å². The van der Waals surface area contributed by atoms with Gasteiger partial charge in [0, 0.05) is 50.0 Å². The molecule has 0 amide bonds.